The van der Waals surface area contributed by atoms with Gasteiger partial charge in [0.2, 0.25) is 11.7 Å². The molecule has 0 unspecified atom stereocenters. The zero-order chi connectivity index (χ0) is 19.6. The summed E-state index contributed by atoms with van der Waals surface area (Å²) in [6, 6.07) is 6.41. The van der Waals surface area contributed by atoms with Crippen molar-refractivity contribution >= 4 is 5.91 Å². The molecule has 1 saturated heterocycles. The summed E-state index contributed by atoms with van der Waals surface area (Å²) in [6.45, 7) is 7.88. The predicted octanol–water partition coefficient (Wildman–Crippen LogP) is 0.827. The van der Waals surface area contributed by atoms with Crippen LogP contribution in [0.3, 0.4) is 0 Å². The molecule has 0 radical (unpaired) electrons. The number of halogens is 1. The maximum absolute atomic E-state index is 13.5. The van der Waals surface area contributed by atoms with E-state index in [0.29, 0.717) is 0 Å². The maximum atomic E-state index is 13.5. The van der Waals surface area contributed by atoms with Gasteiger partial charge in [-0.15, -0.1) is 5.10 Å². The van der Waals surface area contributed by atoms with E-state index in [0.717, 1.165) is 43.7 Å². The zero-order valence-electron chi connectivity index (χ0n) is 16.2. The third kappa shape index (κ3) is 4.00. The number of rotatable bonds is 6. The lowest BCUT2D eigenvalue weighted by molar-refractivity contribution is -0.931. The first-order chi connectivity index (χ1) is 12.8. The lowest BCUT2D eigenvalue weighted by Gasteiger charge is -2.35. The number of aromatic nitrogens is 4. The number of amides is 1. The Balaban J connectivity index is 1.99. The molecule has 1 amide bonds. The Kier molecular flexibility index (Phi) is 5.55. The number of likely N-dealkylation sites (tertiary alicyclic amines) is 1. The number of carbonyl (C=O) groups is 1. The third-order valence-electron chi connectivity index (χ3n) is 5.83. The second kappa shape index (κ2) is 7.72. The second-order valence-corrected chi connectivity index (χ2v) is 7.93. The van der Waals surface area contributed by atoms with E-state index in [9.17, 15) is 9.18 Å². The highest BCUT2D eigenvalue weighted by Gasteiger charge is 2.38. The molecule has 0 saturated carbocycles. The molecule has 146 valence electrons. The quantitative estimate of drug-likeness (QED) is 0.782. The molecular formula is C19H28FN6O+. The number of tetrazole rings is 1. The van der Waals surface area contributed by atoms with Crippen LogP contribution in [0.4, 0.5) is 4.39 Å². The van der Waals surface area contributed by atoms with Crippen molar-refractivity contribution in [3.8, 4) is 0 Å². The highest BCUT2D eigenvalue weighted by atomic mass is 19.1. The summed E-state index contributed by atoms with van der Waals surface area (Å²) in [7, 11) is 0. The monoisotopic (exact) mass is 375 g/mol. The largest absolute Gasteiger partial charge is 0.369 e. The van der Waals surface area contributed by atoms with Gasteiger partial charge in [-0.05, 0) is 55.0 Å². The van der Waals surface area contributed by atoms with Crippen molar-refractivity contribution in [3.63, 3.8) is 0 Å². The number of benzene rings is 1. The van der Waals surface area contributed by atoms with Gasteiger partial charge in [-0.25, -0.2) is 9.07 Å². The summed E-state index contributed by atoms with van der Waals surface area (Å²) in [4.78, 5) is 12.8. The predicted molar refractivity (Wildman–Crippen MR) is 98.3 cm³/mol. The van der Waals surface area contributed by atoms with Gasteiger partial charge in [-0.1, -0.05) is 6.92 Å². The van der Waals surface area contributed by atoms with Crippen LogP contribution < -0.4 is 10.6 Å². The SMILES string of the molecule is CCC(C)(C)n1nnnc1[C@@H](c1ccc(F)cc1)[NH+]1CCC(C(N)=O)CC1. The molecule has 1 aromatic carbocycles. The molecule has 2 aromatic rings. The van der Waals surface area contributed by atoms with Gasteiger partial charge in [0, 0.05) is 24.3 Å². The summed E-state index contributed by atoms with van der Waals surface area (Å²) in [6.07, 6.45) is 2.35. The molecule has 1 aromatic heterocycles. The first-order valence-corrected chi connectivity index (χ1v) is 9.51. The Bertz CT molecular complexity index is 780. The summed E-state index contributed by atoms with van der Waals surface area (Å²) in [5.74, 6) is 0.185. The van der Waals surface area contributed by atoms with Crippen molar-refractivity contribution in [2.24, 2.45) is 11.7 Å². The van der Waals surface area contributed by atoms with E-state index in [1.165, 1.54) is 17.0 Å². The molecule has 27 heavy (non-hydrogen) atoms. The molecule has 3 N–H and O–H groups in total. The van der Waals surface area contributed by atoms with Gasteiger partial charge in [-0.3, -0.25) is 4.79 Å². The topological polar surface area (TPSA) is 91.1 Å². The average Bonchev–Trinajstić information content (AvgIpc) is 3.14. The van der Waals surface area contributed by atoms with E-state index in [1.54, 1.807) is 12.1 Å². The number of hydrogen-bond acceptors (Lipinski definition) is 4. The Hall–Kier alpha value is -2.35. The summed E-state index contributed by atoms with van der Waals surface area (Å²) < 4.78 is 15.4. The lowest BCUT2D eigenvalue weighted by Crippen LogP contribution is -3.13. The standard InChI is InChI=1S/C19H27FN6O/c1-4-19(2,3)26-18(22-23-24-26)16(13-5-7-15(20)8-6-13)25-11-9-14(10-12-25)17(21)27/h5-8,14,16H,4,9-12H2,1-3H3,(H2,21,27)/p+1/t16-/m1/s1. The minimum Gasteiger partial charge on any atom is -0.369 e. The highest BCUT2D eigenvalue weighted by Crippen LogP contribution is 2.25. The Labute approximate surface area is 158 Å². The molecule has 1 aliphatic heterocycles. The molecule has 1 aliphatic rings. The maximum Gasteiger partial charge on any atom is 0.220 e. The van der Waals surface area contributed by atoms with Crippen LogP contribution in [-0.2, 0) is 10.3 Å². The molecule has 0 aliphatic carbocycles. The number of piperidine rings is 1. The van der Waals surface area contributed by atoms with Gasteiger partial charge in [-0.2, -0.15) is 0 Å². The summed E-state index contributed by atoms with van der Waals surface area (Å²) in [5.41, 5.74) is 6.21. The number of nitrogens with zero attached hydrogens (tertiary/aromatic N) is 4. The smallest absolute Gasteiger partial charge is 0.220 e. The normalized spacial score (nSPS) is 21.8. The van der Waals surface area contributed by atoms with Crippen LogP contribution in [0.25, 0.3) is 0 Å². The molecule has 0 spiro atoms. The fraction of sp³-hybridized carbons (Fsp3) is 0.579. The molecule has 7 nitrogen and oxygen atoms in total. The molecule has 2 heterocycles. The van der Waals surface area contributed by atoms with Crippen molar-refractivity contribution in [1.82, 2.24) is 20.2 Å². The molecular weight excluding hydrogens is 347 g/mol. The molecule has 1 atom stereocenters. The van der Waals surface area contributed by atoms with E-state index in [4.69, 9.17) is 5.73 Å². The number of carbonyl (C=O) groups excluding carboxylic acids is 1. The Morgan fingerprint density at radius 1 is 1.33 bits per heavy atom. The van der Waals surface area contributed by atoms with Crippen molar-refractivity contribution in [3.05, 3.63) is 41.5 Å². The minimum atomic E-state index is -0.270. The molecule has 3 rings (SSSR count). The van der Waals surface area contributed by atoms with Crippen LogP contribution in [0.2, 0.25) is 0 Å². The van der Waals surface area contributed by atoms with Crippen LogP contribution in [0.5, 0.6) is 0 Å². The van der Waals surface area contributed by atoms with Gasteiger partial charge in [0.05, 0.1) is 18.6 Å². The number of primary amides is 1. The van der Waals surface area contributed by atoms with E-state index >= 15 is 0 Å². The van der Waals surface area contributed by atoms with Gasteiger partial charge < -0.3 is 10.6 Å². The molecule has 8 heteroatoms. The van der Waals surface area contributed by atoms with Crippen LogP contribution >= 0.6 is 0 Å². The molecule has 1 fully saturated rings. The first-order valence-electron chi connectivity index (χ1n) is 9.51. The van der Waals surface area contributed by atoms with Gasteiger partial charge >= 0.3 is 0 Å². The highest BCUT2D eigenvalue weighted by molar-refractivity contribution is 5.76. The third-order valence-corrected chi connectivity index (χ3v) is 5.83. The first kappa shape index (κ1) is 19.4. The summed E-state index contributed by atoms with van der Waals surface area (Å²) >= 11 is 0. The van der Waals surface area contributed by atoms with Crippen molar-refractivity contribution < 1.29 is 14.1 Å². The van der Waals surface area contributed by atoms with Crippen molar-refractivity contribution in [1.29, 1.82) is 0 Å². The lowest BCUT2D eigenvalue weighted by atomic mass is 9.93. The zero-order valence-corrected chi connectivity index (χ0v) is 16.2. The fourth-order valence-electron chi connectivity index (χ4n) is 3.74. The van der Waals surface area contributed by atoms with Crippen LogP contribution in [0.15, 0.2) is 24.3 Å². The van der Waals surface area contributed by atoms with E-state index in [2.05, 4.69) is 36.3 Å². The van der Waals surface area contributed by atoms with Crippen LogP contribution in [-0.4, -0.2) is 39.2 Å². The second-order valence-electron chi connectivity index (χ2n) is 7.93. The number of quaternary nitrogens is 1. The fourth-order valence-corrected chi connectivity index (χ4v) is 3.74. The van der Waals surface area contributed by atoms with Crippen molar-refractivity contribution in [2.75, 3.05) is 13.1 Å². The Morgan fingerprint density at radius 2 is 1.96 bits per heavy atom. The van der Waals surface area contributed by atoms with Gasteiger partial charge in [0.1, 0.15) is 5.82 Å². The number of hydrogen-bond donors (Lipinski definition) is 2. The van der Waals surface area contributed by atoms with E-state index < -0.39 is 0 Å². The number of nitrogens with one attached hydrogen (secondary N) is 1. The minimum absolute atomic E-state index is 0.0781. The van der Waals surface area contributed by atoms with Crippen LogP contribution in [0, 0.1) is 11.7 Å². The van der Waals surface area contributed by atoms with E-state index in [-0.39, 0.29) is 29.2 Å². The van der Waals surface area contributed by atoms with Gasteiger partial charge in [0.15, 0.2) is 6.04 Å². The molecule has 0 bridgehead atoms. The van der Waals surface area contributed by atoms with Crippen LogP contribution in [0.1, 0.15) is 57.5 Å². The average molecular weight is 375 g/mol. The van der Waals surface area contributed by atoms with Gasteiger partial charge in [0.25, 0.3) is 0 Å². The van der Waals surface area contributed by atoms with E-state index in [1.807, 2.05) is 4.68 Å². The Morgan fingerprint density at radius 3 is 2.52 bits per heavy atom. The number of nitrogens with two attached hydrogens (primary N) is 1. The summed E-state index contributed by atoms with van der Waals surface area (Å²) in [5, 5.41) is 12.5. The van der Waals surface area contributed by atoms with Crippen molar-refractivity contribution in [2.45, 2.75) is 51.6 Å².